The first-order valence-corrected chi connectivity index (χ1v) is 4.64. The van der Waals surface area contributed by atoms with Crippen molar-refractivity contribution in [3.05, 3.63) is 23.3 Å². The summed E-state index contributed by atoms with van der Waals surface area (Å²) in [6, 6.07) is 0. The lowest BCUT2D eigenvalue weighted by molar-refractivity contribution is 0.737. The smallest absolute Gasteiger partial charge is 0.0219 e. The molecule has 0 spiro atoms. The lowest BCUT2D eigenvalue weighted by Gasteiger charge is -2.17. The standard InChI is InChI=1S/C11H18/c1-4-10-7-5-6-8-11(10)9(2)3/h6,8-9H,4-5,7H2,1-3H3. The Morgan fingerprint density at radius 2 is 2.18 bits per heavy atom. The molecule has 0 aromatic rings. The van der Waals surface area contributed by atoms with Gasteiger partial charge in [0.05, 0.1) is 0 Å². The van der Waals surface area contributed by atoms with E-state index in [0.29, 0.717) is 5.92 Å². The van der Waals surface area contributed by atoms with E-state index in [1.165, 1.54) is 19.3 Å². The van der Waals surface area contributed by atoms with Gasteiger partial charge in [-0.1, -0.05) is 38.5 Å². The van der Waals surface area contributed by atoms with E-state index in [4.69, 9.17) is 0 Å². The van der Waals surface area contributed by atoms with Crippen molar-refractivity contribution >= 4 is 0 Å². The van der Waals surface area contributed by atoms with Gasteiger partial charge in [-0.3, -0.25) is 0 Å². The van der Waals surface area contributed by atoms with Crippen LogP contribution in [0, 0.1) is 5.92 Å². The molecular weight excluding hydrogens is 132 g/mol. The van der Waals surface area contributed by atoms with Crippen LogP contribution >= 0.6 is 0 Å². The molecule has 0 bridgehead atoms. The monoisotopic (exact) mass is 150 g/mol. The second-order valence-corrected chi connectivity index (χ2v) is 3.51. The predicted molar refractivity (Wildman–Crippen MR) is 50.5 cm³/mol. The Morgan fingerprint density at radius 1 is 1.45 bits per heavy atom. The zero-order valence-electron chi connectivity index (χ0n) is 7.85. The molecule has 0 heterocycles. The molecule has 0 heteroatoms. The number of hydrogen-bond acceptors (Lipinski definition) is 0. The molecule has 0 aromatic carbocycles. The lowest BCUT2D eigenvalue weighted by atomic mass is 9.89. The maximum atomic E-state index is 2.31. The lowest BCUT2D eigenvalue weighted by Crippen LogP contribution is -2.00. The SMILES string of the molecule is CCC1=C(C(C)C)C=CCC1. The molecule has 62 valence electrons. The summed E-state index contributed by atoms with van der Waals surface area (Å²) >= 11 is 0. The van der Waals surface area contributed by atoms with E-state index in [2.05, 4.69) is 32.9 Å². The molecule has 0 unspecified atom stereocenters. The van der Waals surface area contributed by atoms with E-state index in [9.17, 15) is 0 Å². The highest BCUT2D eigenvalue weighted by atomic mass is 14.1. The summed E-state index contributed by atoms with van der Waals surface area (Å²) < 4.78 is 0. The Bertz CT molecular complexity index is 182. The largest absolute Gasteiger partial charge is 0.0839 e. The summed E-state index contributed by atoms with van der Waals surface area (Å²) in [7, 11) is 0. The maximum absolute atomic E-state index is 2.31. The van der Waals surface area contributed by atoms with E-state index in [0.717, 1.165) is 0 Å². The van der Waals surface area contributed by atoms with Gasteiger partial charge in [0, 0.05) is 0 Å². The molecule has 0 aliphatic heterocycles. The van der Waals surface area contributed by atoms with Crippen LogP contribution in [-0.4, -0.2) is 0 Å². The van der Waals surface area contributed by atoms with Crippen molar-refractivity contribution in [2.75, 3.05) is 0 Å². The Hall–Kier alpha value is -0.520. The topological polar surface area (TPSA) is 0 Å². The van der Waals surface area contributed by atoms with Crippen molar-refractivity contribution in [1.29, 1.82) is 0 Å². The fourth-order valence-corrected chi connectivity index (χ4v) is 1.71. The maximum Gasteiger partial charge on any atom is -0.0219 e. The van der Waals surface area contributed by atoms with Crippen LogP contribution in [0.15, 0.2) is 23.3 Å². The van der Waals surface area contributed by atoms with Gasteiger partial charge >= 0.3 is 0 Å². The van der Waals surface area contributed by atoms with Crippen LogP contribution in [0.3, 0.4) is 0 Å². The van der Waals surface area contributed by atoms with Gasteiger partial charge in [-0.05, 0) is 30.8 Å². The van der Waals surface area contributed by atoms with Gasteiger partial charge in [0.15, 0.2) is 0 Å². The summed E-state index contributed by atoms with van der Waals surface area (Å²) in [5.74, 6) is 0.710. The summed E-state index contributed by atoms with van der Waals surface area (Å²) in [6.07, 6.45) is 8.39. The van der Waals surface area contributed by atoms with Crippen LogP contribution in [0.25, 0.3) is 0 Å². The van der Waals surface area contributed by atoms with Gasteiger partial charge in [0.2, 0.25) is 0 Å². The van der Waals surface area contributed by atoms with Crippen LogP contribution < -0.4 is 0 Å². The molecule has 0 aromatic heterocycles. The second-order valence-electron chi connectivity index (χ2n) is 3.51. The molecule has 1 aliphatic rings. The van der Waals surface area contributed by atoms with Gasteiger partial charge in [-0.15, -0.1) is 0 Å². The fraction of sp³-hybridized carbons (Fsp3) is 0.636. The Morgan fingerprint density at radius 3 is 2.64 bits per heavy atom. The molecule has 0 atom stereocenters. The van der Waals surface area contributed by atoms with Crippen molar-refractivity contribution in [1.82, 2.24) is 0 Å². The first-order valence-electron chi connectivity index (χ1n) is 4.64. The van der Waals surface area contributed by atoms with Crippen molar-refractivity contribution in [2.24, 2.45) is 5.92 Å². The molecule has 0 amide bonds. The molecule has 1 aliphatic carbocycles. The molecule has 0 N–H and O–H groups in total. The highest BCUT2D eigenvalue weighted by Gasteiger charge is 2.08. The molecule has 0 saturated heterocycles. The molecule has 11 heavy (non-hydrogen) atoms. The highest BCUT2D eigenvalue weighted by molar-refractivity contribution is 5.30. The van der Waals surface area contributed by atoms with E-state index in [1.807, 2.05) is 0 Å². The van der Waals surface area contributed by atoms with Crippen LogP contribution in [0.4, 0.5) is 0 Å². The van der Waals surface area contributed by atoms with Crippen LogP contribution in [0.2, 0.25) is 0 Å². The average molecular weight is 150 g/mol. The average Bonchev–Trinajstić information content (AvgIpc) is 2.04. The third-order valence-electron chi connectivity index (χ3n) is 2.37. The summed E-state index contributed by atoms with van der Waals surface area (Å²) in [5, 5.41) is 0. The molecular formula is C11H18. The summed E-state index contributed by atoms with van der Waals surface area (Å²) in [5.41, 5.74) is 3.25. The molecule has 0 fully saturated rings. The second kappa shape index (κ2) is 3.75. The Kier molecular flexibility index (Phi) is 2.92. The van der Waals surface area contributed by atoms with Crippen molar-refractivity contribution in [3.63, 3.8) is 0 Å². The molecule has 0 nitrogen and oxygen atoms in total. The van der Waals surface area contributed by atoms with Crippen molar-refractivity contribution in [2.45, 2.75) is 40.0 Å². The third-order valence-corrected chi connectivity index (χ3v) is 2.37. The minimum Gasteiger partial charge on any atom is -0.0839 e. The van der Waals surface area contributed by atoms with Gasteiger partial charge in [0.25, 0.3) is 0 Å². The van der Waals surface area contributed by atoms with E-state index in [1.54, 1.807) is 11.1 Å². The molecule has 0 saturated carbocycles. The Balaban J connectivity index is 2.83. The normalized spacial score (nSPS) is 18.2. The van der Waals surface area contributed by atoms with Crippen molar-refractivity contribution in [3.8, 4) is 0 Å². The van der Waals surface area contributed by atoms with Gasteiger partial charge in [-0.2, -0.15) is 0 Å². The van der Waals surface area contributed by atoms with Crippen LogP contribution in [0.5, 0.6) is 0 Å². The molecule has 0 radical (unpaired) electrons. The van der Waals surface area contributed by atoms with Gasteiger partial charge in [-0.25, -0.2) is 0 Å². The number of hydrogen-bond donors (Lipinski definition) is 0. The van der Waals surface area contributed by atoms with Gasteiger partial charge in [0.1, 0.15) is 0 Å². The van der Waals surface area contributed by atoms with Gasteiger partial charge < -0.3 is 0 Å². The predicted octanol–water partition coefficient (Wildman–Crippen LogP) is 3.70. The quantitative estimate of drug-likeness (QED) is 0.563. The van der Waals surface area contributed by atoms with Crippen LogP contribution in [-0.2, 0) is 0 Å². The number of rotatable bonds is 2. The number of allylic oxidation sites excluding steroid dienone is 4. The zero-order valence-corrected chi connectivity index (χ0v) is 7.85. The van der Waals surface area contributed by atoms with E-state index >= 15 is 0 Å². The minimum absolute atomic E-state index is 0.710. The van der Waals surface area contributed by atoms with Crippen molar-refractivity contribution < 1.29 is 0 Å². The third kappa shape index (κ3) is 1.95. The highest BCUT2D eigenvalue weighted by Crippen LogP contribution is 2.26. The fourth-order valence-electron chi connectivity index (χ4n) is 1.71. The molecule has 1 rings (SSSR count). The summed E-state index contributed by atoms with van der Waals surface area (Å²) in [6.45, 7) is 6.82. The zero-order chi connectivity index (χ0) is 8.27. The van der Waals surface area contributed by atoms with Crippen LogP contribution in [0.1, 0.15) is 40.0 Å². The Labute approximate surface area is 70.0 Å². The van der Waals surface area contributed by atoms with E-state index in [-0.39, 0.29) is 0 Å². The van der Waals surface area contributed by atoms with E-state index < -0.39 is 0 Å². The first kappa shape index (κ1) is 8.58. The minimum atomic E-state index is 0.710. The summed E-state index contributed by atoms with van der Waals surface area (Å²) in [4.78, 5) is 0. The first-order chi connectivity index (χ1) is 5.25.